The van der Waals surface area contributed by atoms with Gasteiger partial charge in [0.15, 0.2) is 0 Å². The van der Waals surface area contributed by atoms with Gasteiger partial charge >= 0.3 is 0 Å². The minimum absolute atomic E-state index is 0.866. The molecular weight excluding hydrogens is 390 g/mol. The summed E-state index contributed by atoms with van der Waals surface area (Å²) < 4.78 is 2.11. The van der Waals surface area contributed by atoms with Crippen molar-refractivity contribution in [2.75, 3.05) is 0 Å². The van der Waals surface area contributed by atoms with Gasteiger partial charge in [-0.1, -0.05) is 67.3 Å². The van der Waals surface area contributed by atoms with Gasteiger partial charge in [-0.3, -0.25) is 9.38 Å². The molecule has 152 valence electrons. The molecule has 0 aliphatic carbocycles. The highest BCUT2D eigenvalue weighted by Gasteiger charge is 2.14. The highest BCUT2D eigenvalue weighted by molar-refractivity contribution is 6.16. The maximum Gasteiger partial charge on any atom is 0.138 e. The van der Waals surface area contributed by atoms with Crippen molar-refractivity contribution in [2.45, 2.75) is 6.92 Å². The van der Waals surface area contributed by atoms with Gasteiger partial charge < -0.3 is 0 Å². The van der Waals surface area contributed by atoms with Gasteiger partial charge in [0.25, 0.3) is 0 Å². The molecule has 0 bridgehead atoms. The van der Waals surface area contributed by atoms with Crippen molar-refractivity contribution < 1.29 is 0 Å². The molecule has 32 heavy (non-hydrogen) atoms. The number of benzene rings is 3. The third-order valence-corrected chi connectivity index (χ3v) is 6.12. The molecule has 6 aromatic rings. The van der Waals surface area contributed by atoms with Crippen LogP contribution in [0.4, 0.5) is 0 Å². The molecule has 0 aliphatic heterocycles. The molecule has 0 saturated carbocycles. The Morgan fingerprint density at radius 3 is 2.28 bits per heavy atom. The van der Waals surface area contributed by atoms with E-state index < -0.39 is 0 Å². The van der Waals surface area contributed by atoms with E-state index in [-0.39, 0.29) is 0 Å². The van der Waals surface area contributed by atoms with Crippen molar-refractivity contribution in [2.24, 2.45) is 0 Å². The largest absolute Gasteiger partial charge is 0.291 e. The van der Waals surface area contributed by atoms with Crippen molar-refractivity contribution in [3.63, 3.8) is 0 Å². The van der Waals surface area contributed by atoms with Gasteiger partial charge in [-0.2, -0.15) is 0 Å². The standard InChI is InChI=1S/C29H21N3/c1-3-4-13-26-19(2)32-27-18-30-17-25(24(27)14-15-28(32)31-26)29-22-11-7-5-9-20(22)16-21-10-6-8-12-23(21)29/h3-18H,2H2,1H3/b4-3-,26-13+. The molecule has 3 heteroatoms. The van der Waals surface area contributed by atoms with Crippen LogP contribution >= 0.6 is 0 Å². The van der Waals surface area contributed by atoms with Gasteiger partial charge in [-0.25, -0.2) is 4.98 Å². The second kappa shape index (κ2) is 7.17. The van der Waals surface area contributed by atoms with Gasteiger partial charge in [0.1, 0.15) is 5.65 Å². The topological polar surface area (TPSA) is 30.2 Å². The first-order valence-corrected chi connectivity index (χ1v) is 10.7. The highest BCUT2D eigenvalue weighted by Crippen LogP contribution is 2.39. The molecule has 3 nitrogen and oxygen atoms in total. The van der Waals surface area contributed by atoms with Crippen molar-refractivity contribution in [1.29, 1.82) is 0 Å². The van der Waals surface area contributed by atoms with E-state index in [0.29, 0.717) is 0 Å². The first-order valence-electron chi connectivity index (χ1n) is 10.7. The quantitative estimate of drug-likeness (QED) is 0.346. The molecule has 3 aromatic heterocycles. The molecule has 3 heterocycles. The lowest BCUT2D eigenvalue weighted by molar-refractivity contribution is 1.18. The number of aromatic nitrogens is 3. The van der Waals surface area contributed by atoms with E-state index >= 15 is 0 Å². The van der Waals surface area contributed by atoms with Crippen molar-refractivity contribution in [1.82, 2.24) is 14.4 Å². The zero-order valence-electron chi connectivity index (χ0n) is 17.8. The summed E-state index contributed by atoms with van der Waals surface area (Å²) in [7, 11) is 0. The number of pyridine rings is 2. The van der Waals surface area contributed by atoms with E-state index in [1.54, 1.807) is 0 Å². The van der Waals surface area contributed by atoms with Crippen LogP contribution in [0.15, 0.2) is 91.3 Å². The van der Waals surface area contributed by atoms with Crippen LogP contribution in [0, 0.1) is 0 Å². The fourth-order valence-electron chi connectivity index (χ4n) is 4.67. The Morgan fingerprint density at radius 1 is 0.844 bits per heavy atom. The summed E-state index contributed by atoms with van der Waals surface area (Å²) in [5, 5.41) is 7.77. The molecule has 0 aliphatic rings. The number of allylic oxidation sites excluding steroid dienone is 2. The number of hydrogen-bond donors (Lipinski definition) is 0. The van der Waals surface area contributed by atoms with Gasteiger partial charge in [0.05, 0.1) is 22.4 Å². The highest BCUT2D eigenvalue weighted by atomic mass is 15.0. The molecule has 0 spiro atoms. The molecule has 0 radical (unpaired) electrons. The molecule has 0 unspecified atom stereocenters. The zero-order chi connectivity index (χ0) is 21.7. The van der Waals surface area contributed by atoms with Crippen molar-refractivity contribution >= 4 is 50.7 Å². The number of rotatable bonds is 2. The van der Waals surface area contributed by atoms with E-state index in [1.807, 2.05) is 37.5 Å². The third-order valence-electron chi connectivity index (χ3n) is 6.12. The first-order chi connectivity index (χ1) is 15.8. The summed E-state index contributed by atoms with van der Waals surface area (Å²) in [6, 6.07) is 23.6. The molecule has 0 amide bonds. The lowest BCUT2D eigenvalue weighted by Gasteiger charge is -2.14. The van der Waals surface area contributed by atoms with Gasteiger partial charge in [-0.15, -0.1) is 0 Å². The van der Waals surface area contributed by atoms with Gasteiger partial charge in [-0.05, 0) is 58.3 Å². The average molecular weight is 412 g/mol. The minimum Gasteiger partial charge on any atom is -0.291 e. The average Bonchev–Trinajstić information content (AvgIpc) is 3.16. The summed E-state index contributed by atoms with van der Waals surface area (Å²) in [5.74, 6) is 0. The Morgan fingerprint density at radius 2 is 1.56 bits per heavy atom. The number of imidazole rings is 1. The normalized spacial score (nSPS) is 12.7. The predicted molar refractivity (Wildman–Crippen MR) is 135 cm³/mol. The van der Waals surface area contributed by atoms with Crippen LogP contribution in [-0.4, -0.2) is 14.4 Å². The third kappa shape index (κ3) is 2.68. The summed E-state index contributed by atoms with van der Waals surface area (Å²) in [5.41, 5.74) is 4.21. The van der Waals surface area contributed by atoms with E-state index in [0.717, 1.165) is 32.8 Å². The zero-order valence-corrected chi connectivity index (χ0v) is 17.8. The molecule has 0 N–H and O–H groups in total. The maximum absolute atomic E-state index is 4.77. The second-order valence-corrected chi connectivity index (χ2v) is 7.98. The summed E-state index contributed by atoms with van der Waals surface area (Å²) in [6.07, 6.45) is 9.87. The van der Waals surface area contributed by atoms with Crippen LogP contribution in [0.2, 0.25) is 0 Å². The van der Waals surface area contributed by atoms with E-state index in [9.17, 15) is 0 Å². The summed E-state index contributed by atoms with van der Waals surface area (Å²) in [4.78, 5) is 9.43. The maximum atomic E-state index is 4.77. The van der Waals surface area contributed by atoms with Crippen LogP contribution in [-0.2, 0) is 0 Å². The second-order valence-electron chi connectivity index (χ2n) is 7.98. The smallest absolute Gasteiger partial charge is 0.138 e. The number of fused-ring (bicyclic) bond motifs is 5. The Bertz CT molecular complexity index is 1750. The van der Waals surface area contributed by atoms with E-state index in [2.05, 4.69) is 82.7 Å². The summed E-state index contributed by atoms with van der Waals surface area (Å²) >= 11 is 0. The molecule has 0 saturated heterocycles. The predicted octanol–water partition coefficient (Wildman–Crippen LogP) is 5.62. The van der Waals surface area contributed by atoms with Crippen LogP contribution < -0.4 is 10.7 Å². The molecular formula is C29H21N3. The Hall–Kier alpha value is -4.24. The van der Waals surface area contributed by atoms with E-state index in [4.69, 9.17) is 4.98 Å². The fourth-order valence-corrected chi connectivity index (χ4v) is 4.67. The fraction of sp³-hybridized carbons (Fsp3) is 0.0345. The summed E-state index contributed by atoms with van der Waals surface area (Å²) in [6.45, 7) is 6.32. The lowest BCUT2D eigenvalue weighted by atomic mass is 9.91. The molecule has 0 fully saturated rings. The molecule has 0 atom stereocenters. The minimum atomic E-state index is 0.866. The Kier molecular flexibility index (Phi) is 4.15. The monoisotopic (exact) mass is 411 g/mol. The van der Waals surface area contributed by atoms with Gasteiger partial charge in [0, 0.05) is 17.1 Å². The Balaban J connectivity index is 1.78. The van der Waals surface area contributed by atoms with Crippen molar-refractivity contribution in [3.05, 3.63) is 102 Å². The number of hydrogen-bond acceptors (Lipinski definition) is 2. The Labute approximate surface area is 185 Å². The van der Waals surface area contributed by atoms with Gasteiger partial charge in [0.2, 0.25) is 0 Å². The van der Waals surface area contributed by atoms with E-state index in [1.165, 1.54) is 27.1 Å². The molecule has 6 rings (SSSR count). The SMILES string of the molecule is C=c1/c(=C\C=C/C)nc2ccc3c(-c4c5ccccc5cc5ccccc45)cncc3n12. The first kappa shape index (κ1) is 18.5. The van der Waals surface area contributed by atoms with Crippen molar-refractivity contribution in [3.8, 4) is 11.1 Å². The lowest BCUT2D eigenvalue weighted by Crippen LogP contribution is -2.25. The van der Waals surface area contributed by atoms with Crippen LogP contribution in [0.5, 0.6) is 0 Å². The van der Waals surface area contributed by atoms with Crippen LogP contribution in [0.3, 0.4) is 0 Å². The van der Waals surface area contributed by atoms with Crippen LogP contribution in [0.25, 0.3) is 61.9 Å². The molecule has 3 aromatic carbocycles. The number of nitrogens with zero attached hydrogens (tertiary/aromatic N) is 3. The van der Waals surface area contributed by atoms with Crippen LogP contribution in [0.1, 0.15) is 6.92 Å².